The van der Waals surface area contributed by atoms with E-state index in [0.29, 0.717) is 19.2 Å². The van der Waals surface area contributed by atoms with E-state index in [1.165, 1.54) is 13.2 Å². The molecule has 7 heteroatoms. The van der Waals surface area contributed by atoms with Gasteiger partial charge in [-0.1, -0.05) is 23.2 Å². The van der Waals surface area contributed by atoms with Crippen LogP contribution in [-0.4, -0.2) is 24.5 Å². The number of methoxy groups -OCH3 is 1. The van der Waals surface area contributed by atoms with Gasteiger partial charge in [-0.3, -0.25) is 4.79 Å². The third kappa shape index (κ3) is 3.97. The van der Waals surface area contributed by atoms with Crippen LogP contribution in [0.25, 0.3) is 0 Å². The van der Waals surface area contributed by atoms with Crippen molar-refractivity contribution in [3.63, 3.8) is 0 Å². The summed E-state index contributed by atoms with van der Waals surface area (Å²) < 4.78 is 5.19. The lowest BCUT2D eigenvalue weighted by atomic mass is 10.1. The van der Waals surface area contributed by atoms with Crippen molar-refractivity contribution in [1.29, 1.82) is 0 Å². The van der Waals surface area contributed by atoms with Gasteiger partial charge in [0.05, 0.1) is 17.7 Å². The second-order valence-electron chi connectivity index (χ2n) is 4.32. The van der Waals surface area contributed by atoms with E-state index in [2.05, 4.69) is 10.1 Å². The number of amides is 1. The third-order valence-electron chi connectivity index (χ3n) is 2.36. The molecular weight excluding hydrogens is 404 g/mol. The number of rotatable bonds is 3. The summed E-state index contributed by atoms with van der Waals surface area (Å²) in [6.45, 7) is 3.10. The van der Waals surface area contributed by atoms with Crippen molar-refractivity contribution in [1.82, 2.24) is 5.32 Å². The summed E-state index contributed by atoms with van der Waals surface area (Å²) >= 11 is 13.8. The predicted octanol–water partition coefficient (Wildman–Crippen LogP) is 3.28. The van der Waals surface area contributed by atoms with Crippen molar-refractivity contribution < 1.29 is 14.3 Å². The SMILES string of the molecule is COC(=O)C(C)(C)NC(=O)c1cc(Cl)cc(Cl)c1I. The Morgan fingerprint density at radius 3 is 2.42 bits per heavy atom. The van der Waals surface area contributed by atoms with Crippen molar-refractivity contribution in [3.8, 4) is 0 Å². The zero-order chi connectivity index (χ0) is 14.8. The lowest BCUT2D eigenvalue weighted by molar-refractivity contribution is -0.146. The number of carbonyl (C=O) groups is 2. The smallest absolute Gasteiger partial charge is 0.330 e. The molecule has 1 N–H and O–H groups in total. The predicted molar refractivity (Wildman–Crippen MR) is 82.7 cm³/mol. The fourth-order valence-corrected chi connectivity index (χ4v) is 2.43. The summed E-state index contributed by atoms with van der Waals surface area (Å²) in [5, 5.41) is 3.32. The van der Waals surface area contributed by atoms with E-state index in [1.807, 2.05) is 22.6 Å². The molecule has 0 bridgehead atoms. The molecule has 0 saturated carbocycles. The van der Waals surface area contributed by atoms with Crippen molar-refractivity contribution >= 4 is 57.7 Å². The van der Waals surface area contributed by atoms with Crippen LogP contribution >= 0.6 is 45.8 Å². The average Bonchev–Trinajstić information content (AvgIpc) is 2.31. The van der Waals surface area contributed by atoms with E-state index in [9.17, 15) is 9.59 Å². The number of esters is 1. The van der Waals surface area contributed by atoms with Crippen LogP contribution in [-0.2, 0) is 9.53 Å². The Labute approximate surface area is 134 Å². The zero-order valence-corrected chi connectivity index (χ0v) is 14.2. The Balaban J connectivity index is 3.06. The number of hydrogen-bond acceptors (Lipinski definition) is 3. The normalized spacial score (nSPS) is 11.1. The highest BCUT2D eigenvalue weighted by Gasteiger charge is 2.31. The quantitative estimate of drug-likeness (QED) is 0.468. The van der Waals surface area contributed by atoms with Crippen molar-refractivity contribution in [2.24, 2.45) is 0 Å². The fraction of sp³-hybridized carbons (Fsp3) is 0.333. The summed E-state index contributed by atoms with van der Waals surface area (Å²) in [7, 11) is 1.26. The van der Waals surface area contributed by atoms with E-state index in [4.69, 9.17) is 23.2 Å². The number of nitrogens with one attached hydrogen (secondary N) is 1. The second kappa shape index (κ2) is 6.28. The van der Waals surface area contributed by atoms with E-state index in [-0.39, 0.29) is 0 Å². The standard InChI is InChI=1S/C12H12Cl2INO3/c1-12(2,11(18)19-3)16-10(17)7-4-6(13)5-8(14)9(7)15/h4-5H,1-3H3,(H,16,17). The van der Waals surface area contributed by atoms with Crippen molar-refractivity contribution in [3.05, 3.63) is 31.3 Å². The van der Waals surface area contributed by atoms with Gasteiger partial charge in [-0.05, 0) is 48.6 Å². The zero-order valence-electron chi connectivity index (χ0n) is 10.5. The summed E-state index contributed by atoms with van der Waals surface area (Å²) in [6, 6.07) is 3.05. The van der Waals surface area contributed by atoms with Crippen LogP contribution in [0.15, 0.2) is 12.1 Å². The first-order valence-electron chi connectivity index (χ1n) is 5.24. The lowest BCUT2D eigenvalue weighted by Gasteiger charge is -2.23. The molecule has 0 aliphatic rings. The van der Waals surface area contributed by atoms with Gasteiger partial charge in [0.1, 0.15) is 5.54 Å². The van der Waals surface area contributed by atoms with Gasteiger partial charge in [0.2, 0.25) is 0 Å². The summed E-state index contributed by atoms with van der Waals surface area (Å²) in [5.74, 6) is -0.979. The molecular formula is C12H12Cl2INO3. The highest BCUT2D eigenvalue weighted by molar-refractivity contribution is 14.1. The fourth-order valence-electron chi connectivity index (χ4n) is 1.38. The van der Waals surface area contributed by atoms with Crippen molar-refractivity contribution in [2.75, 3.05) is 7.11 Å². The van der Waals surface area contributed by atoms with Gasteiger partial charge >= 0.3 is 5.97 Å². The number of halogens is 3. The Morgan fingerprint density at radius 1 is 1.32 bits per heavy atom. The summed E-state index contributed by atoms with van der Waals surface area (Å²) in [5.41, 5.74) is -0.820. The molecule has 0 unspecified atom stereocenters. The highest BCUT2D eigenvalue weighted by atomic mass is 127. The summed E-state index contributed by atoms with van der Waals surface area (Å²) in [4.78, 5) is 23.7. The van der Waals surface area contributed by atoms with Crippen LogP contribution in [0.1, 0.15) is 24.2 Å². The van der Waals surface area contributed by atoms with Gasteiger partial charge in [0, 0.05) is 8.59 Å². The maximum atomic E-state index is 12.2. The Morgan fingerprint density at radius 2 is 1.89 bits per heavy atom. The van der Waals surface area contributed by atoms with Crippen LogP contribution in [0.3, 0.4) is 0 Å². The van der Waals surface area contributed by atoms with Gasteiger partial charge in [-0.25, -0.2) is 4.79 Å². The third-order valence-corrected chi connectivity index (χ3v) is 4.36. The van der Waals surface area contributed by atoms with Crippen LogP contribution in [0.5, 0.6) is 0 Å². The molecule has 1 aromatic rings. The molecule has 0 spiro atoms. The molecule has 0 saturated heterocycles. The molecule has 1 rings (SSSR count). The topological polar surface area (TPSA) is 55.4 Å². The molecule has 0 aliphatic heterocycles. The molecule has 0 fully saturated rings. The van der Waals surface area contributed by atoms with Gasteiger partial charge in [0.25, 0.3) is 5.91 Å². The maximum Gasteiger partial charge on any atom is 0.330 e. The average molecular weight is 416 g/mol. The first-order valence-corrected chi connectivity index (χ1v) is 7.08. The van der Waals surface area contributed by atoms with Gasteiger partial charge < -0.3 is 10.1 Å². The van der Waals surface area contributed by atoms with Gasteiger partial charge in [-0.15, -0.1) is 0 Å². The Hall–Kier alpha value is -0.530. The van der Waals surface area contributed by atoms with Crippen LogP contribution in [0.4, 0.5) is 0 Å². The largest absolute Gasteiger partial charge is 0.467 e. The lowest BCUT2D eigenvalue weighted by Crippen LogP contribution is -2.50. The molecule has 0 atom stereocenters. The van der Waals surface area contributed by atoms with Gasteiger partial charge in [0.15, 0.2) is 0 Å². The molecule has 104 valence electrons. The Kier molecular flexibility index (Phi) is 5.46. The van der Waals surface area contributed by atoms with Gasteiger partial charge in [-0.2, -0.15) is 0 Å². The monoisotopic (exact) mass is 415 g/mol. The minimum atomic E-state index is -1.14. The number of hydrogen-bond donors (Lipinski definition) is 1. The molecule has 19 heavy (non-hydrogen) atoms. The maximum absolute atomic E-state index is 12.2. The molecule has 0 heterocycles. The number of carbonyl (C=O) groups excluding carboxylic acids is 2. The van der Waals surface area contributed by atoms with Crippen LogP contribution < -0.4 is 5.32 Å². The molecule has 4 nitrogen and oxygen atoms in total. The number of ether oxygens (including phenoxy) is 1. The van der Waals surface area contributed by atoms with E-state index >= 15 is 0 Å². The van der Waals surface area contributed by atoms with Crippen LogP contribution in [0.2, 0.25) is 10.0 Å². The second-order valence-corrected chi connectivity index (χ2v) is 6.24. The van der Waals surface area contributed by atoms with Crippen molar-refractivity contribution in [2.45, 2.75) is 19.4 Å². The van der Waals surface area contributed by atoms with E-state index in [1.54, 1.807) is 19.9 Å². The summed E-state index contributed by atoms with van der Waals surface area (Å²) in [6.07, 6.45) is 0. The van der Waals surface area contributed by atoms with Crippen LogP contribution in [0, 0.1) is 3.57 Å². The molecule has 0 aliphatic carbocycles. The Bertz CT molecular complexity index is 532. The minimum absolute atomic E-state index is 0.315. The first kappa shape index (κ1) is 16.5. The minimum Gasteiger partial charge on any atom is -0.467 e. The highest BCUT2D eigenvalue weighted by Crippen LogP contribution is 2.27. The number of benzene rings is 1. The van der Waals surface area contributed by atoms with E-state index in [0.717, 1.165) is 0 Å². The van der Waals surface area contributed by atoms with E-state index < -0.39 is 17.4 Å². The molecule has 1 amide bonds. The molecule has 1 aromatic carbocycles. The molecule has 0 aromatic heterocycles. The first-order chi connectivity index (χ1) is 8.69. The molecule has 0 radical (unpaired) electrons.